The molecule has 104 valence electrons. The summed E-state index contributed by atoms with van der Waals surface area (Å²) in [6.45, 7) is 2.65. The van der Waals surface area contributed by atoms with Crippen molar-refractivity contribution in [2.24, 2.45) is 0 Å². The Bertz CT molecular complexity index is 444. The topological polar surface area (TPSA) is 38.3 Å². The Morgan fingerprint density at radius 3 is 2.89 bits per heavy atom. The molecule has 0 aliphatic heterocycles. The molecule has 0 aromatic heterocycles. The molecule has 0 heterocycles. The van der Waals surface area contributed by atoms with Crippen LogP contribution in [0.3, 0.4) is 0 Å². The van der Waals surface area contributed by atoms with Crippen LogP contribution in [0.5, 0.6) is 5.75 Å². The molecule has 0 radical (unpaired) electrons. The number of rotatable bonds is 7. The van der Waals surface area contributed by atoms with Crippen molar-refractivity contribution in [2.75, 3.05) is 13.7 Å². The zero-order chi connectivity index (χ0) is 14.1. The second-order valence-electron chi connectivity index (χ2n) is 4.18. The van der Waals surface area contributed by atoms with E-state index < -0.39 is 0 Å². The van der Waals surface area contributed by atoms with Crippen LogP contribution >= 0.6 is 11.6 Å². The first-order chi connectivity index (χ1) is 9.17. The minimum atomic E-state index is 0.0662. The first kappa shape index (κ1) is 15.6. The quantitative estimate of drug-likeness (QED) is 0.615. The number of allylic oxidation sites excluding steroid dienone is 1. The van der Waals surface area contributed by atoms with E-state index in [2.05, 4.69) is 5.32 Å². The number of hydrogen-bond acceptors (Lipinski definition) is 2. The van der Waals surface area contributed by atoms with Crippen molar-refractivity contribution in [2.45, 2.75) is 26.2 Å². The molecule has 1 N–H and O–H groups in total. The average Bonchev–Trinajstić information content (AvgIpc) is 2.41. The van der Waals surface area contributed by atoms with Crippen molar-refractivity contribution in [3.05, 3.63) is 40.9 Å². The molecule has 3 nitrogen and oxygen atoms in total. The molecule has 0 aliphatic rings. The van der Waals surface area contributed by atoms with Crippen molar-refractivity contribution in [1.82, 2.24) is 5.32 Å². The van der Waals surface area contributed by atoms with Crippen molar-refractivity contribution < 1.29 is 9.53 Å². The summed E-state index contributed by atoms with van der Waals surface area (Å²) in [5.74, 6) is 0.720. The number of methoxy groups -OCH3 is 1. The van der Waals surface area contributed by atoms with Crippen LogP contribution in [0.4, 0.5) is 0 Å². The Kier molecular flexibility index (Phi) is 7.04. The molecule has 0 bridgehead atoms. The Morgan fingerprint density at radius 1 is 1.47 bits per heavy atom. The van der Waals surface area contributed by atoms with Crippen molar-refractivity contribution in [1.29, 1.82) is 0 Å². The number of benzene rings is 1. The first-order valence-electron chi connectivity index (χ1n) is 6.37. The van der Waals surface area contributed by atoms with Crippen LogP contribution in [0.1, 0.15) is 25.3 Å². The third-order valence-electron chi connectivity index (χ3n) is 2.73. The second kappa shape index (κ2) is 8.59. The van der Waals surface area contributed by atoms with Crippen LogP contribution in [0.15, 0.2) is 30.4 Å². The van der Waals surface area contributed by atoms with Gasteiger partial charge < -0.3 is 10.1 Å². The van der Waals surface area contributed by atoms with Gasteiger partial charge in [0.05, 0.1) is 12.1 Å². The highest BCUT2D eigenvalue weighted by Crippen LogP contribution is 2.25. The largest absolute Gasteiger partial charge is 0.495 e. The number of halogens is 1. The third kappa shape index (κ3) is 5.79. The van der Waals surface area contributed by atoms with E-state index in [-0.39, 0.29) is 5.91 Å². The third-order valence-corrected chi connectivity index (χ3v) is 3.02. The summed E-state index contributed by atoms with van der Waals surface area (Å²) in [5, 5.41) is 3.45. The van der Waals surface area contributed by atoms with Crippen LogP contribution in [-0.4, -0.2) is 19.6 Å². The Labute approximate surface area is 119 Å². The summed E-state index contributed by atoms with van der Waals surface area (Å²) >= 11 is 6.03. The monoisotopic (exact) mass is 281 g/mol. The van der Waals surface area contributed by atoms with Gasteiger partial charge in [-0.3, -0.25) is 4.79 Å². The van der Waals surface area contributed by atoms with Crippen molar-refractivity contribution in [3.63, 3.8) is 0 Å². The van der Waals surface area contributed by atoms with Gasteiger partial charge in [0.1, 0.15) is 5.75 Å². The molecule has 0 saturated carbocycles. The number of hydrogen-bond donors (Lipinski definition) is 1. The molecular weight excluding hydrogens is 262 g/mol. The predicted molar refractivity (Wildman–Crippen MR) is 78.8 cm³/mol. The Morgan fingerprint density at radius 2 is 2.26 bits per heavy atom. The fourth-order valence-electron chi connectivity index (χ4n) is 1.67. The smallest absolute Gasteiger partial charge is 0.220 e. The lowest BCUT2D eigenvalue weighted by molar-refractivity contribution is -0.121. The number of ether oxygens (including phenoxy) is 1. The van der Waals surface area contributed by atoms with Crippen LogP contribution < -0.4 is 10.1 Å². The van der Waals surface area contributed by atoms with Gasteiger partial charge in [-0.25, -0.2) is 0 Å². The molecule has 0 fully saturated rings. The van der Waals surface area contributed by atoms with Crippen LogP contribution in [-0.2, 0) is 11.2 Å². The van der Waals surface area contributed by atoms with Crippen LogP contribution in [0.25, 0.3) is 0 Å². The highest BCUT2D eigenvalue weighted by atomic mass is 35.5. The van der Waals surface area contributed by atoms with E-state index in [4.69, 9.17) is 16.3 Å². The van der Waals surface area contributed by atoms with Gasteiger partial charge in [0.15, 0.2) is 0 Å². The van der Waals surface area contributed by atoms with Gasteiger partial charge in [0.2, 0.25) is 5.91 Å². The average molecular weight is 282 g/mol. The van der Waals surface area contributed by atoms with E-state index in [1.807, 2.05) is 37.3 Å². The number of nitrogens with one attached hydrogen (secondary N) is 1. The highest BCUT2D eigenvalue weighted by Gasteiger charge is 2.04. The Balaban J connectivity index is 2.35. The molecule has 0 saturated heterocycles. The van der Waals surface area contributed by atoms with Gasteiger partial charge in [-0.2, -0.15) is 0 Å². The van der Waals surface area contributed by atoms with E-state index >= 15 is 0 Å². The fraction of sp³-hybridized carbons (Fsp3) is 0.400. The molecule has 1 amide bonds. The molecule has 1 aromatic rings. The molecule has 0 spiro atoms. The molecule has 1 rings (SSSR count). The predicted octanol–water partition coefficient (Wildman–Crippen LogP) is 3.36. The standard InChI is InChI=1S/C15H20ClNO2/c1-3-4-5-10-17-15(18)9-7-12-6-8-14(19-2)13(16)11-12/h3-4,6,8,11H,5,7,9-10H2,1-2H3,(H,17,18)/b4-3+. The highest BCUT2D eigenvalue weighted by molar-refractivity contribution is 6.32. The molecule has 19 heavy (non-hydrogen) atoms. The summed E-state index contributed by atoms with van der Waals surface area (Å²) in [5.41, 5.74) is 1.04. The zero-order valence-corrected chi connectivity index (χ0v) is 12.2. The van der Waals surface area contributed by atoms with Crippen molar-refractivity contribution >= 4 is 17.5 Å². The number of amides is 1. The summed E-state index contributed by atoms with van der Waals surface area (Å²) in [6.07, 6.45) is 6.03. The van der Waals surface area contributed by atoms with Gasteiger partial charge >= 0.3 is 0 Å². The number of carbonyl (C=O) groups excluding carboxylic acids is 1. The minimum Gasteiger partial charge on any atom is -0.495 e. The molecule has 1 aromatic carbocycles. The van der Waals surface area contributed by atoms with Gasteiger partial charge in [-0.05, 0) is 37.5 Å². The molecule has 0 aliphatic carbocycles. The van der Waals surface area contributed by atoms with Crippen LogP contribution in [0.2, 0.25) is 5.02 Å². The van der Waals surface area contributed by atoms with E-state index in [9.17, 15) is 4.79 Å². The summed E-state index contributed by atoms with van der Waals surface area (Å²) in [7, 11) is 1.58. The van der Waals surface area contributed by atoms with Gasteiger partial charge in [0.25, 0.3) is 0 Å². The van der Waals surface area contributed by atoms with Gasteiger partial charge in [-0.15, -0.1) is 0 Å². The summed E-state index contributed by atoms with van der Waals surface area (Å²) < 4.78 is 5.08. The maximum Gasteiger partial charge on any atom is 0.220 e. The van der Waals surface area contributed by atoms with E-state index in [1.165, 1.54) is 0 Å². The normalized spacial score (nSPS) is 10.7. The second-order valence-corrected chi connectivity index (χ2v) is 4.58. The lowest BCUT2D eigenvalue weighted by Crippen LogP contribution is -2.24. The maximum absolute atomic E-state index is 11.6. The lowest BCUT2D eigenvalue weighted by Gasteiger charge is -2.06. The number of carbonyl (C=O) groups is 1. The maximum atomic E-state index is 11.6. The van der Waals surface area contributed by atoms with Crippen LogP contribution in [0, 0.1) is 0 Å². The van der Waals surface area contributed by atoms with E-state index in [0.29, 0.717) is 30.2 Å². The SMILES string of the molecule is C/C=C/CCNC(=O)CCc1ccc(OC)c(Cl)c1. The summed E-state index contributed by atoms with van der Waals surface area (Å²) in [4.78, 5) is 11.6. The fourth-order valence-corrected chi connectivity index (χ4v) is 1.95. The minimum absolute atomic E-state index is 0.0662. The van der Waals surface area contributed by atoms with Gasteiger partial charge in [0, 0.05) is 13.0 Å². The van der Waals surface area contributed by atoms with Crippen molar-refractivity contribution in [3.8, 4) is 5.75 Å². The number of aryl methyl sites for hydroxylation is 1. The first-order valence-corrected chi connectivity index (χ1v) is 6.75. The molecule has 4 heteroatoms. The molecular formula is C15H20ClNO2. The molecule has 0 unspecified atom stereocenters. The summed E-state index contributed by atoms with van der Waals surface area (Å²) in [6, 6.07) is 5.59. The van der Waals surface area contributed by atoms with Gasteiger partial charge in [-0.1, -0.05) is 29.8 Å². The zero-order valence-electron chi connectivity index (χ0n) is 11.4. The van der Waals surface area contributed by atoms with E-state index in [0.717, 1.165) is 12.0 Å². The van der Waals surface area contributed by atoms with E-state index in [1.54, 1.807) is 7.11 Å². The molecule has 0 atom stereocenters. The Hall–Kier alpha value is -1.48. The lowest BCUT2D eigenvalue weighted by atomic mass is 10.1.